The van der Waals surface area contributed by atoms with Gasteiger partial charge < -0.3 is 24.5 Å². The maximum absolute atomic E-state index is 11.4. The van der Waals surface area contributed by atoms with Crippen LogP contribution in [0, 0.1) is 0 Å². The van der Waals surface area contributed by atoms with Gasteiger partial charge in [-0.15, -0.1) is 0 Å². The molecule has 0 aliphatic carbocycles. The first-order chi connectivity index (χ1) is 17.2. The molecule has 3 aromatic rings. The molecule has 5 atom stereocenters. The van der Waals surface area contributed by atoms with Gasteiger partial charge in [-0.1, -0.05) is 91.0 Å². The van der Waals surface area contributed by atoms with Crippen molar-refractivity contribution in [3.63, 3.8) is 0 Å². The minimum absolute atomic E-state index is 0.126. The largest absolute Gasteiger partial charge is 0.391 e. The van der Waals surface area contributed by atoms with E-state index in [2.05, 4.69) is 0 Å². The maximum atomic E-state index is 11.4. The second-order valence-corrected chi connectivity index (χ2v) is 9.45. The van der Waals surface area contributed by atoms with E-state index < -0.39 is 23.9 Å². The molecule has 2 N–H and O–H groups in total. The average molecular weight is 476 g/mol. The van der Waals surface area contributed by atoms with Crippen molar-refractivity contribution < 1.29 is 24.5 Å². The van der Waals surface area contributed by atoms with Crippen molar-refractivity contribution in [2.75, 3.05) is 6.61 Å². The van der Waals surface area contributed by atoms with Crippen LogP contribution >= 0.6 is 0 Å². The molecule has 3 aromatic carbocycles. The number of nitrogens with zero attached hydrogens (tertiary/aromatic N) is 1. The summed E-state index contributed by atoms with van der Waals surface area (Å²) in [6.45, 7) is 1.26. The second-order valence-electron chi connectivity index (χ2n) is 9.45. The number of aliphatic hydroxyl groups is 1. The molecule has 0 radical (unpaired) electrons. The lowest BCUT2D eigenvalue weighted by atomic mass is 9.85. The van der Waals surface area contributed by atoms with Gasteiger partial charge in [-0.25, -0.2) is 0 Å². The lowest BCUT2D eigenvalue weighted by molar-refractivity contribution is -0.261. The minimum Gasteiger partial charge on any atom is -0.391 e. The molecule has 6 nitrogen and oxygen atoms in total. The number of rotatable bonds is 10. The molecular formula is C29H33NO5. The molecule has 2 aliphatic heterocycles. The van der Waals surface area contributed by atoms with Crippen LogP contribution in [0.3, 0.4) is 0 Å². The van der Waals surface area contributed by atoms with Crippen molar-refractivity contribution in [1.29, 1.82) is 0 Å². The van der Waals surface area contributed by atoms with E-state index in [0.29, 0.717) is 32.7 Å². The van der Waals surface area contributed by atoms with E-state index in [0.717, 1.165) is 16.7 Å². The molecule has 0 aromatic heterocycles. The Kier molecular flexibility index (Phi) is 7.58. The predicted molar refractivity (Wildman–Crippen MR) is 132 cm³/mol. The fourth-order valence-electron chi connectivity index (χ4n) is 5.39. The second kappa shape index (κ2) is 11.0. The zero-order valence-electron chi connectivity index (χ0n) is 19.8. The Morgan fingerprint density at radius 2 is 1.23 bits per heavy atom. The van der Waals surface area contributed by atoms with Gasteiger partial charge in [0.05, 0.1) is 38.6 Å². The first kappa shape index (κ1) is 24.1. The maximum Gasteiger partial charge on any atom is 0.124 e. The summed E-state index contributed by atoms with van der Waals surface area (Å²) in [6.07, 6.45) is -0.642. The van der Waals surface area contributed by atoms with Gasteiger partial charge in [-0.3, -0.25) is 0 Å². The fourth-order valence-corrected chi connectivity index (χ4v) is 5.39. The van der Waals surface area contributed by atoms with Crippen molar-refractivity contribution in [1.82, 2.24) is 5.06 Å². The molecule has 6 heteroatoms. The van der Waals surface area contributed by atoms with Crippen molar-refractivity contribution in [2.24, 2.45) is 0 Å². The van der Waals surface area contributed by atoms with Gasteiger partial charge in [0.25, 0.3) is 0 Å². The topological polar surface area (TPSA) is 71.4 Å². The van der Waals surface area contributed by atoms with Crippen molar-refractivity contribution in [3.05, 3.63) is 108 Å². The molecule has 2 aliphatic rings. The Balaban J connectivity index is 1.39. The monoisotopic (exact) mass is 475 g/mol. The van der Waals surface area contributed by atoms with Crippen LogP contribution in [0.4, 0.5) is 0 Å². The van der Waals surface area contributed by atoms with E-state index in [1.807, 2.05) is 91.0 Å². The first-order valence-corrected chi connectivity index (χ1v) is 12.3. The number of hydroxylamine groups is 2. The third-order valence-corrected chi connectivity index (χ3v) is 7.23. The predicted octanol–water partition coefficient (Wildman–Crippen LogP) is 4.34. The third-order valence-electron chi connectivity index (χ3n) is 7.23. The molecular weight excluding hydrogens is 442 g/mol. The molecule has 0 saturated carbocycles. The van der Waals surface area contributed by atoms with Gasteiger partial charge in [0.1, 0.15) is 17.7 Å². The van der Waals surface area contributed by atoms with Crippen LogP contribution in [0.5, 0.6) is 0 Å². The van der Waals surface area contributed by atoms with Crippen LogP contribution in [0.25, 0.3) is 0 Å². The molecule has 0 spiro atoms. The lowest BCUT2D eigenvalue weighted by Crippen LogP contribution is -2.64. The number of fused-ring (bicyclic) bond motifs is 2. The van der Waals surface area contributed by atoms with Gasteiger partial charge in [0.15, 0.2) is 0 Å². The first-order valence-electron chi connectivity index (χ1n) is 12.3. The molecule has 35 heavy (non-hydrogen) atoms. The molecule has 0 amide bonds. The summed E-state index contributed by atoms with van der Waals surface area (Å²) in [7, 11) is 0. The summed E-state index contributed by atoms with van der Waals surface area (Å²) >= 11 is 0. The van der Waals surface area contributed by atoms with Crippen LogP contribution in [0.1, 0.15) is 29.5 Å². The number of hydrogen-bond acceptors (Lipinski definition) is 6. The van der Waals surface area contributed by atoms with Gasteiger partial charge in [0.2, 0.25) is 0 Å². The quantitative estimate of drug-likeness (QED) is 0.455. The van der Waals surface area contributed by atoms with E-state index in [1.54, 1.807) is 0 Å². The third kappa shape index (κ3) is 5.05. The highest BCUT2D eigenvalue weighted by atomic mass is 16.6. The zero-order chi connectivity index (χ0) is 24.1. The van der Waals surface area contributed by atoms with Crippen molar-refractivity contribution >= 4 is 0 Å². The van der Waals surface area contributed by atoms with Gasteiger partial charge in [-0.2, -0.15) is 5.06 Å². The van der Waals surface area contributed by atoms with Crippen LogP contribution in [-0.2, 0) is 34.0 Å². The molecule has 2 fully saturated rings. The molecule has 184 valence electrons. The zero-order valence-corrected chi connectivity index (χ0v) is 19.8. The van der Waals surface area contributed by atoms with E-state index >= 15 is 0 Å². The Hall–Kier alpha value is -2.58. The normalized spacial score (nSPS) is 28.3. The molecule has 2 saturated heterocycles. The molecule has 0 unspecified atom stereocenters. The van der Waals surface area contributed by atoms with Gasteiger partial charge in [-0.05, 0) is 29.5 Å². The Morgan fingerprint density at radius 3 is 1.80 bits per heavy atom. The summed E-state index contributed by atoms with van der Waals surface area (Å²) in [5, 5.41) is 23.9. The van der Waals surface area contributed by atoms with Crippen LogP contribution in [0.15, 0.2) is 91.0 Å². The van der Waals surface area contributed by atoms with Crippen LogP contribution in [0.2, 0.25) is 0 Å². The summed E-state index contributed by atoms with van der Waals surface area (Å²) in [6, 6.07) is 29.5. The lowest BCUT2D eigenvalue weighted by Gasteiger charge is -2.45. The highest BCUT2D eigenvalue weighted by molar-refractivity contribution is 5.20. The standard InChI is InChI=1S/C29H33NO5/c31-26-17-16-25-27(34-19-23-12-6-2-7-13-23)28(35-20-24-14-8-3-9-15-24)29(26,30(25)32)21-33-18-22-10-4-1-5-11-22/h1-15,25-28,31-32H,16-21H2/t25-,26+,27-,28+,29+/m0/s1. The molecule has 2 heterocycles. The van der Waals surface area contributed by atoms with E-state index in [9.17, 15) is 10.3 Å². The number of hydrogen-bond donors (Lipinski definition) is 2. The molecule has 5 rings (SSSR count). The summed E-state index contributed by atoms with van der Waals surface area (Å²) in [4.78, 5) is 0. The van der Waals surface area contributed by atoms with E-state index in [1.165, 1.54) is 5.06 Å². The SMILES string of the molecule is O[C@@H]1CC[C@H]2[C@H](OCc3ccccc3)[C@@H](OCc3ccccc3)[C@]1(COCc1ccccc1)N2O. The minimum atomic E-state index is -1.12. The van der Waals surface area contributed by atoms with Gasteiger partial charge >= 0.3 is 0 Å². The van der Waals surface area contributed by atoms with E-state index in [4.69, 9.17) is 14.2 Å². The fraction of sp³-hybridized carbons (Fsp3) is 0.379. The smallest absolute Gasteiger partial charge is 0.124 e. The van der Waals surface area contributed by atoms with Crippen LogP contribution in [-0.4, -0.2) is 51.9 Å². The van der Waals surface area contributed by atoms with Crippen molar-refractivity contribution in [2.45, 2.75) is 62.6 Å². The number of benzene rings is 3. The Morgan fingerprint density at radius 1 is 0.714 bits per heavy atom. The average Bonchev–Trinajstić information content (AvgIpc) is 3.05. The highest BCUT2D eigenvalue weighted by Gasteiger charge is 2.66. The summed E-state index contributed by atoms with van der Waals surface area (Å²) < 4.78 is 19.0. The number of ether oxygens (including phenoxy) is 3. The summed E-state index contributed by atoms with van der Waals surface area (Å²) in [5.41, 5.74) is 1.99. The van der Waals surface area contributed by atoms with Gasteiger partial charge in [0, 0.05) is 0 Å². The van der Waals surface area contributed by atoms with E-state index in [-0.39, 0.29) is 12.6 Å². The number of piperidine rings is 1. The highest BCUT2D eigenvalue weighted by Crippen LogP contribution is 2.47. The Labute approximate surface area is 206 Å². The Bertz CT molecular complexity index is 1050. The summed E-state index contributed by atoms with van der Waals surface area (Å²) in [5.74, 6) is 0. The molecule has 2 bridgehead atoms. The number of aliphatic hydroxyl groups excluding tert-OH is 1. The van der Waals surface area contributed by atoms with Crippen molar-refractivity contribution in [3.8, 4) is 0 Å². The van der Waals surface area contributed by atoms with Crippen LogP contribution < -0.4 is 0 Å².